The standard InChI is InChI=1S/C21H26N2O4/c1-5-14(2)22-21(25)18-11-6-7-12-19(18)23-20(24)15(3)27-17-10-8-9-16(13-17)26-4/h6-15H,5H2,1-4H3,(H,22,25)(H,23,24)/t14-,15+/m0/s1. The molecule has 0 saturated heterocycles. The van der Waals surface area contributed by atoms with Gasteiger partial charge in [-0.15, -0.1) is 0 Å². The van der Waals surface area contributed by atoms with Crippen molar-refractivity contribution in [2.24, 2.45) is 0 Å². The Kier molecular flexibility index (Phi) is 7.23. The minimum atomic E-state index is -0.747. The van der Waals surface area contributed by atoms with Crippen LogP contribution in [0.4, 0.5) is 5.69 Å². The molecule has 0 aliphatic carbocycles. The highest BCUT2D eigenvalue weighted by Gasteiger charge is 2.19. The van der Waals surface area contributed by atoms with E-state index in [1.165, 1.54) is 0 Å². The number of carbonyl (C=O) groups excluding carboxylic acids is 2. The van der Waals surface area contributed by atoms with Crippen molar-refractivity contribution in [2.75, 3.05) is 12.4 Å². The molecule has 0 aromatic heterocycles. The number of nitrogens with one attached hydrogen (secondary N) is 2. The molecular weight excluding hydrogens is 344 g/mol. The fourth-order valence-corrected chi connectivity index (χ4v) is 2.36. The lowest BCUT2D eigenvalue weighted by Gasteiger charge is -2.17. The van der Waals surface area contributed by atoms with E-state index in [9.17, 15) is 9.59 Å². The Morgan fingerprint density at radius 3 is 2.44 bits per heavy atom. The molecule has 0 radical (unpaired) electrons. The van der Waals surface area contributed by atoms with E-state index in [-0.39, 0.29) is 17.9 Å². The van der Waals surface area contributed by atoms with Gasteiger partial charge in [0.05, 0.1) is 18.4 Å². The molecule has 0 unspecified atom stereocenters. The van der Waals surface area contributed by atoms with Crippen molar-refractivity contribution in [3.63, 3.8) is 0 Å². The second-order valence-electron chi connectivity index (χ2n) is 6.26. The molecule has 2 rings (SSSR count). The van der Waals surface area contributed by atoms with Crippen LogP contribution < -0.4 is 20.1 Å². The van der Waals surface area contributed by atoms with Gasteiger partial charge in [-0.1, -0.05) is 25.1 Å². The number of para-hydroxylation sites is 1. The van der Waals surface area contributed by atoms with Gasteiger partial charge in [0.25, 0.3) is 11.8 Å². The van der Waals surface area contributed by atoms with Crippen LogP contribution in [0.25, 0.3) is 0 Å². The van der Waals surface area contributed by atoms with Gasteiger partial charge in [0.2, 0.25) is 0 Å². The molecule has 0 bridgehead atoms. The highest BCUT2D eigenvalue weighted by Crippen LogP contribution is 2.21. The first-order valence-electron chi connectivity index (χ1n) is 8.96. The Labute approximate surface area is 159 Å². The van der Waals surface area contributed by atoms with E-state index in [4.69, 9.17) is 9.47 Å². The molecule has 0 aliphatic rings. The molecule has 2 amide bonds. The van der Waals surface area contributed by atoms with Crippen molar-refractivity contribution in [3.8, 4) is 11.5 Å². The van der Waals surface area contributed by atoms with Gasteiger partial charge in [-0.3, -0.25) is 9.59 Å². The van der Waals surface area contributed by atoms with E-state index in [1.807, 2.05) is 13.8 Å². The molecule has 2 atom stereocenters. The molecule has 2 N–H and O–H groups in total. The summed E-state index contributed by atoms with van der Waals surface area (Å²) in [6, 6.07) is 14.0. The van der Waals surface area contributed by atoms with Gasteiger partial charge in [0, 0.05) is 12.1 Å². The fourth-order valence-electron chi connectivity index (χ4n) is 2.36. The van der Waals surface area contributed by atoms with Gasteiger partial charge >= 0.3 is 0 Å². The number of amides is 2. The summed E-state index contributed by atoms with van der Waals surface area (Å²) in [5, 5.41) is 5.68. The Morgan fingerprint density at radius 1 is 1.04 bits per heavy atom. The van der Waals surface area contributed by atoms with Crippen molar-refractivity contribution in [1.29, 1.82) is 0 Å². The molecule has 0 saturated carbocycles. The predicted octanol–water partition coefficient (Wildman–Crippen LogP) is 3.63. The summed E-state index contributed by atoms with van der Waals surface area (Å²) < 4.78 is 10.8. The third-order valence-electron chi connectivity index (χ3n) is 4.14. The summed E-state index contributed by atoms with van der Waals surface area (Å²) in [7, 11) is 1.57. The SMILES string of the molecule is CC[C@H](C)NC(=O)c1ccccc1NC(=O)[C@@H](C)Oc1cccc(OC)c1. The molecule has 6 heteroatoms. The lowest BCUT2D eigenvalue weighted by molar-refractivity contribution is -0.122. The number of ether oxygens (including phenoxy) is 2. The van der Waals surface area contributed by atoms with Crippen molar-refractivity contribution in [2.45, 2.75) is 39.3 Å². The lowest BCUT2D eigenvalue weighted by Crippen LogP contribution is -2.34. The zero-order valence-corrected chi connectivity index (χ0v) is 16.1. The van der Waals surface area contributed by atoms with Crippen molar-refractivity contribution in [3.05, 3.63) is 54.1 Å². The van der Waals surface area contributed by atoms with Gasteiger partial charge in [0.1, 0.15) is 11.5 Å². The minimum absolute atomic E-state index is 0.0524. The topological polar surface area (TPSA) is 76.7 Å². The highest BCUT2D eigenvalue weighted by molar-refractivity contribution is 6.04. The number of hydrogen-bond donors (Lipinski definition) is 2. The number of methoxy groups -OCH3 is 1. The maximum Gasteiger partial charge on any atom is 0.265 e. The zero-order valence-electron chi connectivity index (χ0n) is 16.1. The maximum atomic E-state index is 12.5. The summed E-state index contributed by atoms with van der Waals surface area (Å²) in [6.45, 7) is 5.58. The molecule has 6 nitrogen and oxygen atoms in total. The van der Waals surface area contributed by atoms with Crippen molar-refractivity contribution in [1.82, 2.24) is 5.32 Å². The Balaban J connectivity index is 2.07. The van der Waals surface area contributed by atoms with Gasteiger partial charge in [-0.2, -0.15) is 0 Å². The number of anilines is 1. The van der Waals surface area contributed by atoms with E-state index >= 15 is 0 Å². The summed E-state index contributed by atoms with van der Waals surface area (Å²) in [6.07, 6.45) is 0.0777. The Morgan fingerprint density at radius 2 is 1.74 bits per heavy atom. The summed E-state index contributed by atoms with van der Waals surface area (Å²) in [5.74, 6) is 0.607. The van der Waals surface area contributed by atoms with E-state index in [1.54, 1.807) is 62.6 Å². The third kappa shape index (κ3) is 5.74. The van der Waals surface area contributed by atoms with Crippen LogP contribution in [0, 0.1) is 0 Å². The van der Waals surface area contributed by atoms with Crippen LogP contribution >= 0.6 is 0 Å². The van der Waals surface area contributed by atoms with Crippen LogP contribution in [-0.2, 0) is 4.79 Å². The first kappa shape index (κ1) is 20.3. The van der Waals surface area contributed by atoms with Crippen molar-refractivity contribution >= 4 is 17.5 Å². The number of hydrogen-bond acceptors (Lipinski definition) is 4. The molecule has 27 heavy (non-hydrogen) atoms. The predicted molar refractivity (Wildman–Crippen MR) is 105 cm³/mol. The largest absolute Gasteiger partial charge is 0.497 e. The molecule has 2 aromatic carbocycles. The molecule has 0 aliphatic heterocycles. The number of rotatable bonds is 8. The van der Waals surface area contributed by atoms with E-state index < -0.39 is 6.10 Å². The van der Waals surface area contributed by atoms with Gasteiger partial charge in [-0.05, 0) is 44.5 Å². The van der Waals surface area contributed by atoms with Gasteiger partial charge in [0.15, 0.2) is 6.10 Å². The van der Waals surface area contributed by atoms with E-state index in [0.717, 1.165) is 6.42 Å². The fraction of sp³-hybridized carbons (Fsp3) is 0.333. The van der Waals surface area contributed by atoms with Crippen LogP contribution in [0.15, 0.2) is 48.5 Å². The summed E-state index contributed by atoms with van der Waals surface area (Å²) >= 11 is 0. The Bertz CT molecular complexity index is 791. The van der Waals surface area contributed by atoms with Crippen LogP contribution in [0.2, 0.25) is 0 Å². The van der Waals surface area contributed by atoms with E-state index in [2.05, 4.69) is 10.6 Å². The number of benzene rings is 2. The molecule has 144 valence electrons. The molecular formula is C21H26N2O4. The quantitative estimate of drug-likeness (QED) is 0.744. The smallest absolute Gasteiger partial charge is 0.265 e. The van der Waals surface area contributed by atoms with Crippen LogP contribution in [0.1, 0.15) is 37.6 Å². The molecule has 0 heterocycles. The molecule has 0 fully saturated rings. The van der Waals surface area contributed by atoms with Gasteiger partial charge in [-0.25, -0.2) is 0 Å². The van der Waals surface area contributed by atoms with Crippen LogP contribution in [0.5, 0.6) is 11.5 Å². The van der Waals surface area contributed by atoms with E-state index in [0.29, 0.717) is 22.7 Å². The van der Waals surface area contributed by atoms with Crippen LogP contribution in [0.3, 0.4) is 0 Å². The van der Waals surface area contributed by atoms with Gasteiger partial charge < -0.3 is 20.1 Å². The zero-order chi connectivity index (χ0) is 19.8. The van der Waals surface area contributed by atoms with Crippen LogP contribution in [-0.4, -0.2) is 31.1 Å². The minimum Gasteiger partial charge on any atom is -0.497 e. The maximum absolute atomic E-state index is 12.5. The first-order chi connectivity index (χ1) is 12.9. The summed E-state index contributed by atoms with van der Waals surface area (Å²) in [5.41, 5.74) is 0.865. The average Bonchev–Trinajstić information content (AvgIpc) is 2.68. The second kappa shape index (κ2) is 9.62. The second-order valence-corrected chi connectivity index (χ2v) is 6.26. The molecule has 2 aromatic rings. The lowest BCUT2D eigenvalue weighted by atomic mass is 10.1. The molecule has 0 spiro atoms. The Hall–Kier alpha value is -3.02. The summed E-state index contributed by atoms with van der Waals surface area (Å²) in [4.78, 5) is 25.0. The third-order valence-corrected chi connectivity index (χ3v) is 4.14. The van der Waals surface area contributed by atoms with Crippen molar-refractivity contribution < 1.29 is 19.1 Å². The first-order valence-corrected chi connectivity index (χ1v) is 8.96. The normalized spacial score (nSPS) is 12.6. The highest BCUT2D eigenvalue weighted by atomic mass is 16.5. The number of carbonyl (C=O) groups is 2. The average molecular weight is 370 g/mol. The monoisotopic (exact) mass is 370 g/mol.